The summed E-state index contributed by atoms with van der Waals surface area (Å²) in [7, 11) is 1.87. The van der Waals surface area contributed by atoms with E-state index < -0.39 is 0 Å². The van der Waals surface area contributed by atoms with Gasteiger partial charge in [0.1, 0.15) is 11.4 Å². The summed E-state index contributed by atoms with van der Waals surface area (Å²) >= 11 is 1.41. The predicted molar refractivity (Wildman–Crippen MR) is 59.4 cm³/mol. The highest BCUT2D eigenvalue weighted by molar-refractivity contribution is 7.99. The zero-order valence-electron chi connectivity index (χ0n) is 8.91. The largest absolute Gasteiger partial charge is 0.311 e. The molecule has 6 heteroatoms. The minimum absolute atomic E-state index is 0.0164. The van der Waals surface area contributed by atoms with Gasteiger partial charge in [0.15, 0.2) is 10.9 Å². The molecule has 2 aromatic rings. The molecule has 82 valence electrons. The molecule has 16 heavy (non-hydrogen) atoms. The molecule has 0 amide bonds. The lowest BCUT2D eigenvalue weighted by Gasteiger charge is -2.00. The maximum absolute atomic E-state index is 11.1. The fourth-order valence-electron chi connectivity index (χ4n) is 1.11. The van der Waals surface area contributed by atoms with E-state index in [-0.39, 0.29) is 5.78 Å². The molecule has 0 aliphatic rings. The Bertz CT molecular complexity index is 506. The van der Waals surface area contributed by atoms with Crippen LogP contribution in [0, 0.1) is 0 Å². The van der Waals surface area contributed by atoms with Crippen LogP contribution in [0.3, 0.4) is 0 Å². The van der Waals surface area contributed by atoms with Gasteiger partial charge in [-0.3, -0.25) is 4.79 Å². The van der Waals surface area contributed by atoms with Gasteiger partial charge in [0.2, 0.25) is 0 Å². The van der Waals surface area contributed by atoms with Crippen LogP contribution in [-0.2, 0) is 7.05 Å². The molecule has 0 aliphatic heterocycles. The van der Waals surface area contributed by atoms with Gasteiger partial charge in [0.25, 0.3) is 0 Å². The van der Waals surface area contributed by atoms with Crippen molar-refractivity contribution in [3.05, 3.63) is 30.2 Å². The van der Waals surface area contributed by atoms with Crippen LogP contribution in [0.15, 0.2) is 34.8 Å². The van der Waals surface area contributed by atoms with E-state index in [4.69, 9.17) is 0 Å². The van der Waals surface area contributed by atoms with E-state index in [2.05, 4.69) is 15.2 Å². The van der Waals surface area contributed by atoms with E-state index in [1.165, 1.54) is 18.7 Å². The minimum atomic E-state index is 0.0164. The first kappa shape index (κ1) is 10.8. The zero-order valence-corrected chi connectivity index (χ0v) is 9.73. The number of rotatable bonds is 3. The highest BCUT2D eigenvalue weighted by Gasteiger charge is 2.05. The lowest BCUT2D eigenvalue weighted by molar-refractivity contribution is 0.101. The van der Waals surface area contributed by atoms with Crippen molar-refractivity contribution in [3.8, 4) is 0 Å². The normalized spacial score (nSPS) is 10.4. The van der Waals surface area contributed by atoms with Crippen LogP contribution < -0.4 is 0 Å². The fraction of sp³-hybridized carbons (Fsp3) is 0.200. The summed E-state index contributed by atoms with van der Waals surface area (Å²) in [6.45, 7) is 1.52. The van der Waals surface area contributed by atoms with Gasteiger partial charge in [-0.25, -0.2) is 4.98 Å². The van der Waals surface area contributed by atoms with E-state index in [0.29, 0.717) is 5.56 Å². The predicted octanol–water partition coefficient (Wildman–Crippen LogP) is 1.56. The molecule has 0 spiro atoms. The molecule has 0 bridgehead atoms. The Morgan fingerprint density at radius 2 is 2.25 bits per heavy atom. The summed E-state index contributed by atoms with van der Waals surface area (Å²) < 4.78 is 1.81. The second-order valence-corrected chi connectivity index (χ2v) is 4.26. The Balaban J connectivity index is 2.17. The molecule has 0 N–H and O–H groups in total. The van der Waals surface area contributed by atoms with Crippen molar-refractivity contribution in [2.24, 2.45) is 7.05 Å². The summed E-state index contributed by atoms with van der Waals surface area (Å²) in [6.07, 6.45) is 3.20. The number of carbonyl (C=O) groups is 1. The summed E-state index contributed by atoms with van der Waals surface area (Å²) in [6, 6.07) is 3.56. The van der Waals surface area contributed by atoms with Crippen LogP contribution in [0.2, 0.25) is 0 Å². The van der Waals surface area contributed by atoms with Crippen molar-refractivity contribution in [3.63, 3.8) is 0 Å². The highest BCUT2D eigenvalue weighted by Crippen LogP contribution is 2.22. The number of nitrogens with zero attached hydrogens (tertiary/aromatic N) is 4. The van der Waals surface area contributed by atoms with E-state index in [1.807, 2.05) is 11.6 Å². The van der Waals surface area contributed by atoms with Crippen molar-refractivity contribution < 1.29 is 4.79 Å². The van der Waals surface area contributed by atoms with E-state index >= 15 is 0 Å². The number of aromatic nitrogens is 4. The minimum Gasteiger partial charge on any atom is -0.311 e. The van der Waals surface area contributed by atoms with Crippen LogP contribution >= 0.6 is 11.8 Å². The second kappa shape index (κ2) is 4.44. The lowest BCUT2D eigenvalue weighted by atomic mass is 10.2. The molecule has 0 unspecified atom stereocenters. The summed E-state index contributed by atoms with van der Waals surface area (Å²) in [5, 5.41) is 9.27. The Kier molecular flexibility index (Phi) is 3.00. The third-order valence-electron chi connectivity index (χ3n) is 2.01. The van der Waals surface area contributed by atoms with Gasteiger partial charge in [-0.2, -0.15) is 0 Å². The molecule has 0 aliphatic carbocycles. The Hall–Kier alpha value is -1.69. The monoisotopic (exact) mass is 234 g/mol. The number of ketones is 1. The molecule has 0 saturated carbocycles. The standard InChI is InChI=1S/C10H10N4OS/c1-7(15)8-3-4-9(11-5-8)16-10-13-12-6-14(10)2/h3-6H,1-2H3. The van der Waals surface area contributed by atoms with Crippen molar-refractivity contribution in [2.75, 3.05) is 0 Å². The van der Waals surface area contributed by atoms with Gasteiger partial charge in [-0.1, -0.05) is 0 Å². The van der Waals surface area contributed by atoms with Gasteiger partial charge in [-0.05, 0) is 30.8 Å². The molecule has 5 nitrogen and oxygen atoms in total. The van der Waals surface area contributed by atoms with Crippen molar-refractivity contribution in [2.45, 2.75) is 17.1 Å². The van der Waals surface area contributed by atoms with Gasteiger partial charge in [0, 0.05) is 18.8 Å². The van der Waals surface area contributed by atoms with Crippen LogP contribution in [0.1, 0.15) is 17.3 Å². The van der Waals surface area contributed by atoms with Crippen molar-refractivity contribution in [1.82, 2.24) is 19.7 Å². The molecule has 0 aromatic carbocycles. The SMILES string of the molecule is CC(=O)c1ccc(Sc2nncn2C)nc1. The smallest absolute Gasteiger partial charge is 0.197 e. The quantitative estimate of drug-likeness (QED) is 0.754. The average Bonchev–Trinajstić information content (AvgIpc) is 2.65. The summed E-state index contributed by atoms with van der Waals surface area (Å²) in [5.41, 5.74) is 0.613. The zero-order chi connectivity index (χ0) is 11.5. The summed E-state index contributed by atoms with van der Waals surface area (Å²) in [4.78, 5) is 15.2. The van der Waals surface area contributed by atoms with Crippen LogP contribution in [-0.4, -0.2) is 25.5 Å². The molecule has 0 fully saturated rings. The van der Waals surface area contributed by atoms with Crippen molar-refractivity contribution >= 4 is 17.5 Å². The van der Waals surface area contributed by atoms with Gasteiger partial charge in [0.05, 0.1) is 0 Å². The van der Waals surface area contributed by atoms with E-state index in [0.717, 1.165) is 10.2 Å². The number of Topliss-reactive ketones (excluding diaryl/α,β-unsaturated/α-hetero) is 1. The fourth-order valence-corrected chi connectivity index (χ4v) is 1.82. The van der Waals surface area contributed by atoms with Gasteiger partial charge in [-0.15, -0.1) is 10.2 Å². The van der Waals surface area contributed by atoms with E-state index in [9.17, 15) is 4.79 Å². The first-order valence-electron chi connectivity index (χ1n) is 4.65. The number of carbonyl (C=O) groups excluding carboxylic acids is 1. The molecule has 0 radical (unpaired) electrons. The van der Waals surface area contributed by atoms with Crippen molar-refractivity contribution in [1.29, 1.82) is 0 Å². The average molecular weight is 234 g/mol. The molecule has 0 atom stereocenters. The summed E-state index contributed by atoms with van der Waals surface area (Å²) in [5.74, 6) is 0.0164. The molecule has 0 saturated heterocycles. The number of aryl methyl sites for hydroxylation is 1. The molecule has 2 heterocycles. The van der Waals surface area contributed by atoms with Crippen LogP contribution in [0.4, 0.5) is 0 Å². The molecular weight excluding hydrogens is 224 g/mol. The molecule has 2 rings (SSSR count). The Labute approximate surface area is 96.9 Å². The lowest BCUT2D eigenvalue weighted by Crippen LogP contribution is -1.94. The van der Waals surface area contributed by atoms with Gasteiger partial charge >= 0.3 is 0 Å². The Morgan fingerprint density at radius 3 is 2.75 bits per heavy atom. The maximum Gasteiger partial charge on any atom is 0.197 e. The first-order chi connectivity index (χ1) is 7.66. The third-order valence-corrected chi connectivity index (χ3v) is 3.01. The van der Waals surface area contributed by atoms with E-state index in [1.54, 1.807) is 24.7 Å². The third kappa shape index (κ3) is 2.27. The number of hydrogen-bond donors (Lipinski definition) is 0. The topological polar surface area (TPSA) is 60.7 Å². The Morgan fingerprint density at radius 1 is 1.44 bits per heavy atom. The maximum atomic E-state index is 11.1. The van der Waals surface area contributed by atoms with Crippen LogP contribution in [0.25, 0.3) is 0 Å². The highest BCUT2D eigenvalue weighted by atomic mass is 32.2. The second-order valence-electron chi connectivity index (χ2n) is 3.27. The number of pyridine rings is 1. The van der Waals surface area contributed by atoms with Gasteiger partial charge < -0.3 is 4.57 Å². The molecular formula is C10H10N4OS. The van der Waals surface area contributed by atoms with Crippen LogP contribution in [0.5, 0.6) is 0 Å². The number of hydrogen-bond acceptors (Lipinski definition) is 5. The molecule has 2 aromatic heterocycles. The first-order valence-corrected chi connectivity index (χ1v) is 5.47.